The average molecular weight is 365 g/mol. The van der Waals surface area contributed by atoms with Crippen molar-refractivity contribution in [3.63, 3.8) is 0 Å². The van der Waals surface area contributed by atoms with Crippen LogP contribution in [-0.2, 0) is 6.54 Å². The highest BCUT2D eigenvalue weighted by molar-refractivity contribution is 6.31. The second-order valence-electron chi connectivity index (χ2n) is 5.99. The number of halogens is 1. The van der Waals surface area contributed by atoms with Crippen molar-refractivity contribution >= 4 is 22.6 Å². The Labute approximate surface area is 156 Å². The number of hydrogen-bond donors (Lipinski definition) is 1. The summed E-state index contributed by atoms with van der Waals surface area (Å²) in [5, 5.41) is 10.6. The quantitative estimate of drug-likeness (QED) is 0.546. The Morgan fingerprint density at radius 3 is 2.62 bits per heavy atom. The molecule has 0 aliphatic heterocycles. The molecule has 0 radical (unpaired) electrons. The van der Waals surface area contributed by atoms with Crippen molar-refractivity contribution in [3.05, 3.63) is 77.3 Å². The van der Waals surface area contributed by atoms with Crippen LogP contribution in [0.4, 0.5) is 0 Å². The molecule has 0 saturated carbocycles. The first-order valence-electron chi connectivity index (χ1n) is 8.23. The predicted molar refractivity (Wildman–Crippen MR) is 104 cm³/mol. The number of phenols is 1. The van der Waals surface area contributed by atoms with E-state index in [-0.39, 0.29) is 5.75 Å². The van der Waals surface area contributed by atoms with Crippen LogP contribution in [0.3, 0.4) is 0 Å². The number of ether oxygens (including phenoxy) is 1. The van der Waals surface area contributed by atoms with E-state index < -0.39 is 0 Å². The zero-order valence-electron chi connectivity index (χ0n) is 14.2. The van der Waals surface area contributed by atoms with Crippen LogP contribution >= 0.6 is 11.6 Å². The van der Waals surface area contributed by atoms with Crippen LogP contribution < -0.4 is 4.74 Å². The van der Waals surface area contributed by atoms with E-state index in [1.807, 2.05) is 54.6 Å². The fourth-order valence-corrected chi connectivity index (χ4v) is 3.27. The molecule has 0 saturated heterocycles. The highest BCUT2D eigenvalue weighted by Crippen LogP contribution is 2.33. The molecule has 0 bridgehead atoms. The Bertz CT molecular complexity index is 1090. The molecule has 5 heteroatoms. The van der Waals surface area contributed by atoms with E-state index >= 15 is 0 Å². The van der Waals surface area contributed by atoms with E-state index in [0.29, 0.717) is 12.3 Å². The molecule has 1 heterocycles. The van der Waals surface area contributed by atoms with Crippen molar-refractivity contribution in [3.8, 4) is 22.9 Å². The minimum atomic E-state index is 0.102. The third kappa shape index (κ3) is 2.89. The number of fused-ring (bicyclic) bond motifs is 1. The minimum absolute atomic E-state index is 0.102. The summed E-state index contributed by atoms with van der Waals surface area (Å²) < 4.78 is 7.38. The van der Waals surface area contributed by atoms with Gasteiger partial charge in [-0.2, -0.15) is 0 Å². The molecular formula is C21H17ClN2O2. The molecule has 0 aliphatic rings. The van der Waals surface area contributed by atoms with Crippen LogP contribution in [-0.4, -0.2) is 21.8 Å². The molecule has 26 heavy (non-hydrogen) atoms. The van der Waals surface area contributed by atoms with Crippen molar-refractivity contribution in [1.29, 1.82) is 0 Å². The molecule has 0 spiro atoms. The van der Waals surface area contributed by atoms with Crippen LogP contribution in [0.15, 0.2) is 66.7 Å². The minimum Gasteiger partial charge on any atom is -0.504 e. The third-order valence-electron chi connectivity index (χ3n) is 4.38. The molecule has 4 nitrogen and oxygen atoms in total. The summed E-state index contributed by atoms with van der Waals surface area (Å²) in [5.41, 5.74) is 3.81. The van der Waals surface area contributed by atoms with Crippen molar-refractivity contribution in [2.45, 2.75) is 6.54 Å². The molecule has 1 aromatic heterocycles. The summed E-state index contributed by atoms with van der Waals surface area (Å²) in [6.45, 7) is 0.596. The van der Waals surface area contributed by atoms with E-state index in [0.717, 1.165) is 33.0 Å². The van der Waals surface area contributed by atoms with E-state index in [4.69, 9.17) is 21.3 Å². The van der Waals surface area contributed by atoms with Gasteiger partial charge in [0.15, 0.2) is 11.5 Å². The predicted octanol–water partition coefficient (Wildman–Crippen LogP) is 5.12. The van der Waals surface area contributed by atoms with Gasteiger partial charge in [0.1, 0.15) is 5.82 Å². The fraction of sp³-hybridized carbons (Fsp3) is 0.0952. The van der Waals surface area contributed by atoms with Gasteiger partial charge in [-0.3, -0.25) is 0 Å². The molecule has 0 fully saturated rings. The molecule has 0 atom stereocenters. The van der Waals surface area contributed by atoms with E-state index in [1.54, 1.807) is 12.1 Å². The summed E-state index contributed by atoms with van der Waals surface area (Å²) in [6.07, 6.45) is 0. The molecule has 3 aromatic carbocycles. The molecule has 0 unspecified atom stereocenters. The zero-order chi connectivity index (χ0) is 18.1. The number of para-hydroxylation sites is 2. The number of aromatic hydroxyl groups is 1. The van der Waals surface area contributed by atoms with E-state index in [9.17, 15) is 5.11 Å². The monoisotopic (exact) mass is 364 g/mol. The zero-order valence-corrected chi connectivity index (χ0v) is 14.9. The smallest absolute Gasteiger partial charge is 0.161 e. The van der Waals surface area contributed by atoms with Gasteiger partial charge < -0.3 is 14.4 Å². The highest BCUT2D eigenvalue weighted by atomic mass is 35.5. The van der Waals surface area contributed by atoms with Crippen LogP contribution in [0.2, 0.25) is 5.02 Å². The standard InChI is InChI=1S/C21H17ClN2O2/c1-26-20-12-14(10-11-19(20)25)21-23-17-8-4-5-9-18(17)24(21)13-15-6-2-3-7-16(15)22/h2-12,25H,13H2,1H3. The second-order valence-corrected chi connectivity index (χ2v) is 6.40. The number of imidazole rings is 1. The van der Waals surface area contributed by atoms with Gasteiger partial charge in [0.25, 0.3) is 0 Å². The number of rotatable bonds is 4. The molecule has 4 rings (SSSR count). The van der Waals surface area contributed by atoms with Gasteiger partial charge >= 0.3 is 0 Å². The first kappa shape index (κ1) is 16.5. The van der Waals surface area contributed by atoms with Crippen LogP contribution in [0, 0.1) is 0 Å². The maximum atomic E-state index is 9.89. The lowest BCUT2D eigenvalue weighted by molar-refractivity contribution is 0.373. The van der Waals surface area contributed by atoms with Gasteiger partial charge in [0, 0.05) is 10.6 Å². The topological polar surface area (TPSA) is 47.3 Å². The van der Waals surface area contributed by atoms with Gasteiger partial charge in [0.05, 0.1) is 24.7 Å². The van der Waals surface area contributed by atoms with Gasteiger partial charge in [0.2, 0.25) is 0 Å². The second kappa shape index (κ2) is 6.73. The van der Waals surface area contributed by atoms with Crippen molar-refractivity contribution in [2.75, 3.05) is 7.11 Å². The number of hydrogen-bond acceptors (Lipinski definition) is 3. The SMILES string of the molecule is COc1cc(-c2nc3ccccc3n2Cc2ccccc2Cl)ccc1O. The van der Waals surface area contributed by atoms with Gasteiger partial charge in [-0.25, -0.2) is 4.98 Å². The summed E-state index contributed by atoms with van der Waals surface area (Å²) in [5.74, 6) is 1.31. The first-order chi connectivity index (χ1) is 12.7. The molecular weight excluding hydrogens is 348 g/mol. The first-order valence-corrected chi connectivity index (χ1v) is 8.61. The number of benzene rings is 3. The van der Waals surface area contributed by atoms with Crippen molar-refractivity contribution in [2.24, 2.45) is 0 Å². The maximum absolute atomic E-state index is 9.89. The molecule has 0 aliphatic carbocycles. The van der Waals surface area contributed by atoms with E-state index in [2.05, 4.69) is 4.57 Å². The normalized spacial score (nSPS) is 11.0. The lowest BCUT2D eigenvalue weighted by Crippen LogP contribution is -2.03. The summed E-state index contributed by atoms with van der Waals surface area (Å²) in [6, 6.07) is 21.0. The third-order valence-corrected chi connectivity index (χ3v) is 4.75. The Morgan fingerprint density at radius 1 is 1.04 bits per heavy atom. The number of aromatic nitrogens is 2. The Hall–Kier alpha value is -2.98. The highest BCUT2D eigenvalue weighted by Gasteiger charge is 2.15. The Kier molecular flexibility index (Phi) is 4.27. The number of methoxy groups -OCH3 is 1. The van der Waals surface area contributed by atoms with Crippen LogP contribution in [0.25, 0.3) is 22.4 Å². The lowest BCUT2D eigenvalue weighted by Gasteiger charge is -2.12. The maximum Gasteiger partial charge on any atom is 0.161 e. The van der Waals surface area contributed by atoms with E-state index in [1.165, 1.54) is 7.11 Å². The molecule has 0 amide bonds. The number of nitrogens with zero attached hydrogens (tertiary/aromatic N) is 2. The Morgan fingerprint density at radius 2 is 1.81 bits per heavy atom. The van der Waals surface area contributed by atoms with Gasteiger partial charge in [-0.15, -0.1) is 0 Å². The van der Waals surface area contributed by atoms with Gasteiger partial charge in [-0.05, 0) is 42.0 Å². The summed E-state index contributed by atoms with van der Waals surface area (Å²) in [7, 11) is 1.53. The van der Waals surface area contributed by atoms with Crippen LogP contribution in [0.5, 0.6) is 11.5 Å². The lowest BCUT2D eigenvalue weighted by atomic mass is 10.1. The molecule has 4 aromatic rings. The van der Waals surface area contributed by atoms with Crippen molar-refractivity contribution in [1.82, 2.24) is 9.55 Å². The molecule has 130 valence electrons. The van der Waals surface area contributed by atoms with Crippen molar-refractivity contribution < 1.29 is 9.84 Å². The summed E-state index contributed by atoms with van der Waals surface area (Å²) in [4.78, 5) is 4.80. The largest absolute Gasteiger partial charge is 0.504 e. The number of phenolic OH excluding ortho intramolecular Hbond substituents is 1. The van der Waals surface area contributed by atoms with Crippen LogP contribution in [0.1, 0.15) is 5.56 Å². The molecule has 1 N–H and O–H groups in total. The fourth-order valence-electron chi connectivity index (χ4n) is 3.07. The Balaban J connectivity index is 1.91. The average Bonchev–Trinajstić information content (AvgIpc) is 3.03. The van der Waals surface area contributed by atoms with Gasteiger partial charge in [-0.1, -0.05) is 41.9 Å². The summed E-state index contributed by atoms with van der Waals surface area (Å²) >= 11 is 6.37.